The molecule has 0 radical (unpaired) electrons. The molecule has 0 atom stereocenters. The lowest BCUT2D eigenvalue weighted by Gasteiger charge is -2.10. The van der Waals surface area contributed by atoms with Crippen molar-refractivity contribution in [3.05, 3.63) is 29.8 Å². The summed E-state index contributed by atoms with van der Waals surface area (Å²) in [6, 6.07) is 1.90. The van der Waals surface area contributed by atoms with Crippen LogP contribution in [0.5, 0.6) is 5.75 Å². The van der Waals surface area contributed by atoms with Gasteiger partial charge in [-0.1, -0.05) is 6.92 Å². The van der Waals surface area contributed by atoms with Crippen LogP contribution in [0.15, 0.2) is 18.5 Å². The number of hydrogen-bond acceptors (Lipinski definition) is 5. The summed E-state index contributed by atoms with van der Waals surface area (Å²) in [5, 5.41) is 0. The van der Waals surface area contributed by atoms with Crippen LogP contribution in [-0.4, -0.2) is 22.1 Å². The van der Waals surface area contributed by atoms with Crippen molar-refractivity contribution >= 4 is 5.82 Å². The number of nitrogen functional groups attached to an aromatic ring is 1. The van der Waals surface area contributed by atoms with E-state index in [4.69, 9.17) is 10.5 Å². The van der Waals surface area contributed by atoms with Crippen LogP contribution in [0.1, 0.15) is 24.7 Å². The van der Waals surface area contributed by atoms with E-state index in [-0.39, 0.29) is 0 Å². The molecule has 100 valence electrons. The van der Waals surface area contributed by atoms with Gasteiger partial charge in [0.2, 0.25) is 0 Å². The molecule has 2 rings (SSSR count). The van der Waals surface area contributed by atoms with Gasteiger partial charge in [0, 0.05) is 23.7 Å². The van der Waals surface area contributed by atoms with Crippen molar-refractivity contribution in [1.29, 1.82) is 0 Å². The average molecular weight is 258 g/mol. The molecular weight excluding hydrogens is 240 g/mol. The molecule has 0 aliphatic heterocycles. The zero-order valence-electron chi connectivity index (χ0n) is 11.5. The lowest BCUT2D eigenvalue weighted by atomic mass is 10.1. The summed E-state index contributed by atoms with van der Waals surface area (Å²) in [4.78, 5) is 13.0. The lowest BCUT2D eigenvalue weighted by Crippen LogP contribution is -2.05. The maximum Gasteiger partial charge on any atom is 0.137 e. The highest BCUT2D eigenvalue weighted by molar-refractivity contribution is 5.67. The number of aryl methyl sites for hydroxylation is 1. The van der Waals surface area contributed by atoms with E-state index in [1.807, 2.05) is 13.0 Å². The van der Waals surface area contributed by atoms with Gasteiger partial charge >= 0.3 is 0 Å². The summed E-state index contributed by atoms with van der Waals surface area (Å²) in [6.45, 7) is 4.01. The van der Waals surface area contributed by atoms with Crippen molar-refractivity contribution in [3.63, 3.8) is 0 Å². The number of aromatic nitrogens is 3. The molecule has 0 aromatic carbocycles. The van der Waals surface area contributed by atoms with E-state index in [0.29, 0.717) is 11.6 Å². The highest BCUT2D eigenvalue weighted by Crippen LogP contribution is 2.26. The maximum absolute atomic E-state index is 5.96. The number of anilines is 1. The fourth-order valence-corrected chi connectivity index (χ4v) is 1.86. The third kappa shape index (κ3) is 2.81. The summed E-state index contributed by atoms with van der Waals surface area (Å²) >= 11 is 0. The highest BCUT2D eigenvalue weighted by atomic mass is 16.5. The fourth-order valence-electron chi connectivity index (χ4n) is 1.86. The van der Waals surface area contributed by atoms with Crippen molar-refractivity contribution in [1.82, 2.24) is 15.0 Å². The first-order valence-electron chi connectivity index (χ1n) is 6.28. The fraction of sp³-hybridized carbons (Fsp3) is 0.357. The van der Waals surface area contributed by atoms with Gasteiger partial charge in [0.15, 0.2) is 0 Å². The van der Waals surface area contributed by atoms with E-state index >= 15 is 0 Å². The average Bonchev–Trinajstić information content (AvgIpc) is 2.43. The molecule has 2 aromatic rings. The topological polar surface area (TPSA) is 73.9 Å². The van der Waals surface area contributed by atoms with E-state index in [9.17, 15) is 0 Å². The molecule has 0 bridgehead atoms. The second-order valence-electron chi connectivity index (χ2n) is 4.36. The summed E-state index contributed by atoms with van der Waals surface area (Å²) in [6.07, 6.45) is 5.22. The van der Waals surface area contributed by atoms with E-state index < -0.39 is 0 Å². The minimum atomic E-state index is 0.524. The van der Waals surface area contributed by atoms with Crippen molar-refractivity contribution in [2.45, 2.75) is 26.7 Å². The molecule has 0 fully saturated rings. The largest absolute Gasteiger partial charge is 0.495 e. The number of rotatable bonds is 4. The lowest BCUT2D eigenvalue weighted by molar-refractivity contribution is 0.413. The standard InChI is InChI=1S/C14H18N4O/c1-4-5-12-17-13(9(2)14(15)18-12)10-6-11(19-3)8-16-7-10/h6-8H,4-5H2,1-3H3,(H2,15,17,18). The van der Waals surface area contributed by atoms with Gasteiger partial charge in [-0.05, 0) is 19.4 Å². The van der Waals surface area contributed by atoms with Crippen molar-refractivity contribution < 1.29 is 4.74 Å². The SMILES string of the molecule is CCCc1nc(N)c(C)c(-c2cncc(OC)c2)n1. The van der Waals surface area contributed by atoms with Gasteiger partial charge in [-0.2, -0.15) is 0 Å². The van der Waals surface area contributed by atoms with Crippen LogP contribution in [0.4, 0.5) is 5.82 Å². The normalized spacial score (nSPS) is 10.5. The molecule has 5 nitrogen and oxygen atoms in total. The van der Waals surface area contributed by atoms with Crippen molar-refractivity contribution in [3.8, 4) is 17.0 Å². The maximum atomic E-state index is 5.96. The van der Waals surface area contributed by atoms with Gasteiger partial charge in [0.25, 0.3) is 0 Å². The van der Waals surface area contributed by atoms with Gasteiger partial charge < -0.3 is 10.5 Å². The molecule has 0 aliphatic carbocycles. The number of ether oxygens (including phenoxy) is 1. The molecule has 0 unspecified atom stereocenters. The first-order valence-corrected chi connectivity index (χ1v) is 6.28. The Kier molecular flexibility index (Phi) is 3.94. The van der Waals surface area contributed by atoms with Crippen LogP contribution in [-0.2, 0) is 6.42 Å². The monoisotopic (exact) mass is 258 g/mol. The Hall–Kier alpha value is -2.17. The van der Waals surface area contributed by atoms with E-state index in [0.717, 1.165) is 35.5 Å². The molecule has 0 amide bonds. The predicted molar refractivity (Wildman–Crippen MR) is 75.0 cm³/mol. The number of nitrogens with two attached hydrogens (primary N) is 1. The summed E-state index contributed by atoms with van der Waals surface area (Å²) in [5.74, 6) is 1.99. The van der Waals surface area contributed by atoms with Gasteiger partial charge in [-0.3, -0.25) is 4.98 Å². The van der Waals surface area contributed by atoms with Crippen LogP contribution in [0, 0.1) is 6.92 Å². The van der Waals surface area contributed by atoms with Gasteiger partial charge in [0.1, 0.15) is 17.4 Å². The van der Waals surface area contributed by atoms with Gasteiger partial charge in [-0.25, -0.2) is 9.97 Å². The zero-order valence-corrected chi connectivity index (χ0v) is 11.5. The first-order chi connectivity index (χ1) is 9.15. The third-order valence-electron chi connectivity index (χ3n) is 2.93. The summed E-state index contributed by atoms with van der Waals surface area (Å²) in [7, 11) is 1.62. The molecule has 2 N–H and O–H groups in total. The Labute approximate surface area is 112 Å². The molecule has 2 aromatic heterocycles. The van der Waals surface area contributed by atoms with E-state index in [2.05, 4.69) is 21.9 Å². The Morgan fingerprint density at radius 3 is 2.74 bits per heavy atom. The Morgan fingerprint density at radius 1 is 1.26 bits per heavy atom. The molecule has 0 spiro atoms. The molecule has 5 heteroatoms. The van der Waals surface area contributed by atoms with Crippen LogP contribution in [0.25, 0.3) is 11.3 Å². The second-order valence-corrected chi connectivity index (χ2v) is 4.36. The molecule has 0 saturated heterocycles. The Bertz CT molecular complexity index is 584. The second kappa shape index (κ2) is 5.65. The van der Waals surface area contributed by atoms with E-state index in [1.54, 1.807) is 19.5 Å². The smallest absolute Gasteiger partial charge is 0.137 e. The number of hydrogen-bond donors (Lipinski definition) is 1. The quantitative estimate of drug-likeness (QED) is 0.911. The molecular formula is C14H18N4O. The molecule has 19 heavy (non-hydrogen) atoms. The van der Waals surface area contributed by atoms with Crippen LogP contribution in [0.3, 0.4) is 0 Å². The van der Waals surface area contributed by atoms with Gasteiger partial charge in [0.05, 0.1) is 19.0 Å². The van der Waals surface area contributed by atoms with Crippen LogP contribution >= 0.6 is 0 Å². The summed E-state index contributed by atoms with van der Waals surface area (Å²) < 4.78 is 5.19. The third-order valence-corrected chi connectivity index (χ3v) is 2.93. The van der Waals surface area contributed by atoms with Crippen LogP contribution < -0.4 is 10.5 Å². The van der Waals surface area contributed by atoms with Crippen molar-refractivity contribution in [2.24, 2.45) is 0 Å². The van der Waals surface area contributed by atoms with E-state index in [1.165, 1.54) is 0 Å². The molecule has 0 aliphatic rings. The minimum Gasteiger partial charge on any atom is -0.495 e. The highest BCUT2D eigenvalue weighted by Gasteiger charge is 2.11. The number of methoxy groups -OCH3 is 1. The minimum absolute atomic E-state index is 0.524. The number of pyridine rings is 1. The Morgan fingerprint density at radius 2 is 2.05 bits per heavy atom. The first kappa shape index (κ1) is 13.3. The van der Waals surface area contributed by atoms with Crippen molar-refractivity contribution in [2.75, 3.05) is 12.8 Å². The molecule has 0 saturated carbocycles. The Balaban J connectivity index is 2.53. The predicted octanol–water partition coefficient (Wildman–Crippen LogP) is 2.39. The number of nitrogens with zero attached hydrogens (tertiary/aromatic N) is 3. The molecule has 2 heterocycles. The van der Waals surface area contributed by atoms with Gasteiger partial charge in [-0.15, -0.1) is 0 Å². The summed E-state index contributed by atoms with van der Waals surface area (Å²) in [5.41, 5.74) is 8.54. The van der Waals surface area contributed by atoms with Crippen LogP contribution in [0.2, 0.25) is 0 Å². The zero-order chi connectivity index (χ0) is 13.8.